The van der Waals surface area contributed by atoms with Crippen LogP contribution in [0.2, 0.25) is 0 Å². The molecule has 0 unspecified atom stereocenters. The molecule has 2 N–H and O–H groups in total. The Balaban J connectivity index is 1.20. The Morgan fingerprint density at radius 2 is 1.75 bits per heavy atom. The molecule has 2 bridgehead atoms. The lowest BCUT2D eigenvalue weighted by atomic mass is 9.81. The van der Waals surface area contributed by atoms with Gasteiger partial charge in [0.2, 0.25) is 5.91 Å². The van der Waals surface area contributed by atoms with Gasteiger partial charge in [0, 0.05) is 48.8 Å². The Bertz CT molecular complexity index is 1810. The highest BCUT2D eigenvalue weighted by molar-refractivity contribution is 5.95. The Morgan fingerprint density at radius 3 is 2.48 bits per heavy atom. The zero-order valence-corrected chi connectivity index (χ0v) is 26.7. The van der Waals surface area contributed by atoms with Crippen molar-refractivity contribution in [3.8, 4) is 11.3 Å². The van der Waals surface area contributed by atoms with Crippen LogP contribution in [-0.2, 0) is 16.8 Å². The monoisotopic (exact) mass is 588 g/mol. The molecule has 44 heavy (non-hydrogen) atoms. The summed E-state index contributed by atoms with van der Waals surface area (Å²) in [5, 5.41) is 4.92. The minimum atomic E-state index is -0.586. The average Bonchev–Trinajstić information content (AvgIpc) is 3.80. The molecular formula is C37H44N6O. The normalized spacial score (nSPS) is 19.0. The van der Waals surface area contributed by atoms with Gasteiger partial charge in [-0.15, -0.1) is 0 Å². The molecule has 228 valence electrons. The van der Waals surface area contributed by atoms with E-state index in [1.54, 1.807) is 0 Å². The third-order valence-electron chi connectivity index (χ3n) is 10.1. The molecule has 5 aromatic rings. The molecule has 7 heteroatoms. The first-order valence-electron chi connectivity index (χ1n) is 16.2. The molecule has 5 heterocycles. The molecule has 2 aliphatic rings. The number of fused-ring (bicyclic) bond motifs is 4. The number of aromatic nitrogens is 4. The van der Waals surface area contributed by atoms with Crippen molar-refractivity contribution in [3.05, 3.63) is 83.3 Å². The van der Waals surface area contributed by atoms with Crippen LogP contribution >= 0.6 is 0 Å². The minimum Gasteiger partial charge on any atom is -0.354 e. The molecule has 1 amide bonds. The molecule has 2 aliphatic heterocycles. The van der Waals surface area contributed by atoms with E-state index in [9.17, 15) is 4.79 Å². The molecule has 0 saturated carbocycles. The predicted octanol–water partition coefficient (Wildman–Crippen LogP) is 7.02. The number of H-pyrrole nitrogens is 1. The van der Waals surface area contributed by atoms with Crippen molar-refractivity contribution in [2.24, 2.45) is 0 Å². The summed E-state index contributed by atoms with van der Waals surface area (Å²) in [7, 11) is 0. The number of aromatic amines is 1. The van der Waals surface area contributed by atoms with Crippen LogP contribution in [0.15, 0.2) is 61.1 Å². The van der Waals surface area contributed by atoms with Crippen LogP contribution in [0, 0.1) is 13.8 Å². The van der Waals surface area contributed by atoms with E-state index in [4.69, 9.17) is 0 Å². The van der Waals surface area contributed by atoms with Gasteiger partial charge >= 0.3 is 0 Å². The first-order valence-corrected chi connectivity index (χ1v) is 16.2. The van der Waals surface area contributed by atoms with Crippen LogP contribution in [0.4, 0.5) is 0 Å². The topological polar surface area (TPSA) is 78.8 Å². The van der Waals surface area contributed by atoms with Crippen molar-refractivity contribution in [1.82, 2.24) is 29.7 Å². The summed E-state index contributed by atoms with van der Waals surface area (Å²) in [5.41, 5.74) is 9.66. The molecule has 3 aromatic heterocycles. The maximum absolute atomic E-state index is 14.0. The van der Waals surface area contributed by atoms with Crippen molar-refractivity contribution >= 4 is 28.0 Å². The molecule has 7 rings (SSSR count). The number of rotatable bonds is 9. The lowest BCUT2D eigenvalue weighted by Crippen LogP contribution is -2.45. The fourth-order valence-electron chi connectivity index (χ4n) is 7.83. The second-order valence-corrected chi connectivity index (χ2v) is 13.7. The number of aryl methyl sites for hydroxylation is 2. The van der Waals surface area contributed by atoms with Crippen LogP contribution in [0.3, 0.4) is 0 Å². The van der Waals surface area contributed by atoms with Crippen molar-refractivity contribution < 1.29 is 4.79 Å². The summed E-state index contributed by atoms with van der Waals surface area (Å²) < 4.78 is 2.11. The number of hydrogen-bond donors (Lipinski definition) is 2. The molecule has 1 atom stereocenters. The quantitative estimate of drug-likeness (QED) is 0.181. The van der Waals surface area contributed by atoms with Crippen LogP contribution in [0.25, 0.3) is 33.3 Å². The minimum absolute atomic E-state index is 0.237. The fourth-order valence-corrected chi connectivity index (χ4v) is 7.83. The van der Waals surface area contributed by atoms with Crippen molar-refractivity contribution in [2.45, 2.75) is 90.3 Å². The molecule has 2 fully saturated rings. The van der Waals surface area contributed by atoms with E-state index in [1.807, 2.05) is 24.7 Å². The SMILES string of the molecule is Cc1cc(C)cc(-c2[nH]c3ccc(C(C)(C)C(=O)N4C5CCC4CC5)cc3c2[C@H](C)CNCCn2cnc3cccnc32)c1. The van der Waals surface area contributed by atoms with E-state index in [2.05, 4.69) is 101 Å². The van der Waals surface area contributed by atoms with E-state index in [0.717, 1.165) is 67.6 Å². The van der Waals surface area contributed by atoms with Gasteiger partial charge in [0.05, 0.1) is 17.4 Å². The van der Waals surface area contributed by atoms with Crippen molar-refractivity contribution in [2.75, 3.05) is 13.1 Å². The summed E-state index contributed by atoms with van der Waals surface area (Å²) in [6.45, 7) is 13.3. The Kier molecular flexibility index (Phi) is 7.32. The lowest BCUT2D eigenvalue weighted by molar-refractivity contribution is -0.137. The van der Waals surface area contributed by atoms with Gasteiger partial charge in [0.25, 0.3) is 0 Å². The number of amides is 1. The van der Waals surface area contributed by atoms with Gasteiger partial charge in [-0.1, -0.05) is 30.2 Å². The maximum atomic E-state index is 14.0. The Hall–Kier alpha value is -3.97. The Labute approximate surface area is 260 Å². The largest absolute Gasteiger partial charge is 0.354 e. The van der Waals surface area contributed by atoms with Crippen LogP contribution < -0.4 is 5.32 Å². The summed E-state index contributed by atoms with van der Waals surface area (Å²) in [5.74, 6) is 0.519. The van der Waals surface area contributed by atoms with Gasteiger partial charge < -0.3 is 19.8 Å². The van der Waals surface area contributed by atoms with E-state index >= 15 is 0 Å². The molecule has 0 aliphatic carbocycles. The number of carbonyl (C=O) groups excluding carboxylic acids is 1. The highest BCUT2D eigenvalue weighted by Crippen LogP contribution is 2.42. The molecular weight excluding hydrogens is 544 g/mol. The zero-order valence-electron chi connectivity index (χ0n) is 26.7. The van der Waals surface area contributed by atoms with E-state index in [-0.39, 0.29) is 11.8 Å². The number of nitrogens with one attached hydrogen (secondary N) is 2. The molecule has 0 radical (unpaired) electrons. The third kappa shape index (κ3) is 5.01. The van der Waals surface area contributed by atoms with Gasteiger partial charge in [-0.2, -0.15) is 0 Å². The first-order chi connectivity index (χ1) is 21.2. The fraction of sp³-hybridized carbons (Fsp3) is 0.432. The molecule has 0 spiro atoms. The van der Waals surface area contributed by atoms with Gasteiger partial charge in [0.1, 0.15) is 5.52 Å². The van der Waals surface area contributed by atoms with Crippen molar-refractivity contribution in [3.63, 3.8) is 0 Å². The second-order valence-electron chi connectivity index (χ2n) is 13.7. The van der Waals surface area contributed by atoms with Crippen LogP contribution in [0.1, 0.15) is 74.6 Å². The number of pyridine rings is 1. The average molecular weight is 589 g/mol. The van der Waals surface area contributed by atoms with Crippen molar-refractivity contribution in [1.29, 1.82) is 0 Å². The summed E-state index contributed by atoms with van der Waals surface area (Å²) in [4.78, 5) is 29.1. The van der Waals surface area contributed by atoms with Crippen LogP contribution in [0.5, 0.6) is 0 Å². The second kappa shape index (κ2) is 11.2. The summed E-state index contributed by atoms with van der Waals surface area (Å²) in [6.07, 6.45) is 8.32. The maximum Gasteiger partial charge on any atom is 0.233 e. The highest BCUT2D eigenvalue weighted by atomic mass is 16.2. The van der Waals surface area contributed by atoms with E-state index < -0.39 is 5.41 Å². The number of benzene rings is 2. The van der Waals surface area contributed by atoms with Gasteiger partial charge in [-0.3, -0.25) is 4.79 Å². The predicted molar refractivity (Wildman–Crippen MR) is 178 cm³/mol. The van der Waals surface area contributed by atoms with Gasteiger partial charge in [0.15, 0.2) is 5.65 Å². The first kappa shape index (κ1) is 28.8. The number of nitrogens with zero attached hydrogens (tertiary/aromatic N) is 4. The lowest BCUT2D eigenvalue weighted by Gasteiger charge is -2.33. The number of carbonyl (C=O) groups is 1. The molecule has 2 aromatic carbocycles. The summed E-state index contributed by atoms with van der Waals surface area (Å²) in [6, 6.07) is 18.2. The van der Waals surface area contributed by atoms with E-state index in [0.29, 0.717) is 12.1 Å². The standard InChI is InChI=1S/C37H44N6O/c1-23-17-24(2)19-26(18-23)34-33(25(3)21-38-15-16-42-22-40-32-7-6-14-39-35(32)42)30-20-27(8-13-31(30)41-34)37(4,5)36(44)43-28-9-10-29(43)12-11-28/h6-8,13-14,17-20,22,25,28-29,38,41H,9-12,15-16,21H2,1-5H3/t25-,28?,29?/m1/s1. The summed E-state index contributed by atoms with van der Waals surface area (Å²) >= 11 is 0. The zero-order chi connectivity index (χ0) is 30.6. The van der Waals surface area contributed by atoms with Gasteiger partial charge in [-0.05, 0) is 112 Å². The van der Waals surface area contributed by atoms with Crippen LogP contribution in [-0.4, -0.2) is 55.5 Å². The number of imidazole rings is 1. The highest BCUT2D eigenvalue weighted by Gasteiger charge is 2.47. The molecule has 7 nitrogen and oxygen atoms in total. The van der Waals surface area contributed by atoms with Gasteiger partial charge in [-0.25, -0.2) is 9.97 Å². The third-order valence-corrected chi connectivity index (χ3v) is 10.1. The smallest absolute Gasteiger partial charge is 0.233 e. The Morgan fingerprint density at radius 1 is 1.02 bits per heavy atom. The number of hydrogen-bond acceptors (Lipinski definition) is 4. The van der Waals surface area contributed by atoms with E-state index in [1.165, 1.54) is 33.3 Å². The molecule has 2 saturated heterocycles.